The lowest BCUT2D eigenvalue weighted by atomic mass is 9.97. The quantitative estimate of drug-likeness (QED) is 0.433. The van der Waals surface area contributed by atoms with Crippen molar-refractivity contribution in [3.05, 3.63) is 35.4 Å². The van der Waals surface area contributed by atoms with E-state index >= 15 is 0 Å². The van der Waals surface area contributed by atoms with Crippen molar-refractivity contribution in [2.24, 2.45) is 5.92 Å². The molecule has 0 aliphatic rings. The maximum absolute atomic E-state index is 14.3. The molecule has 1 heterocycles. The van der Waals surface area contributed by atoms with Gasteiger partial charge in [-0.1, -0.05) is 26.8 Å². The van der Waals surface area contributed by atoms with Crippen LogP contribution < -0.4 is 14.8 Å². The molecule has 0 aliphatic carbocycles. The number of benzene rings is 1. The molecule has 178 valence electrons. The zero-order chi connectivity index (χ0) is 23.9. The van der Waals surface area contributed by atoms with Gasteiger partial charge in [0.1, 0.15) is 5.82 Å². The maximum Gasteiger partial charge on any atom is 0.241 e. The van der Waals surface area contributed by atoms with E-state index in [0.29, 0.717) is 31.2 Å². The molecule has 11 heteroatoms. The van der Waals surface area contributed by atoms with E-state index in [0.717, 1.165) is 11.8 Å². The summed E-state index contributed by atoms with van der Waals surface area (Å²) >= 11 is 0. The van der Waals surface area contributed by atoms with Gasteiger partial charge in [0.2, 0.25) is 21.9 Å². The Kier molecular flexibility index (Phi) is 9.14. The molecular formula is C21H32FN5O4S. The lowest BCUT2D eigenvalue weighted by molar-refractivity contribution is 0.259. The van der Waals surface area contributed by atoms with Crippen molar-refractivity contribution in [2.75, 3.05) is 29.5 Å². The van der Waals surface area contributed by atoms with Crippen LogP contribution in [-0.2, 0) is 16.4 Å². The van der Waals surface area contributed by atoms with Crippen LogP contribution in [0.25, 0.3) is 0 Å². The first kappa shape index (κ1) is 25.7. The predicted molar refractivity (Wildman–Crippen MR) is 122 cm³/mol. The number of aliphatic hydroxyl groups is 1. The Morgan fingerprint density at radius 1 is 1.16 bits per heavy atom. The third-order valence-corrected chi connectivity index (χ3v) is 5.13. The highest BCUT2D eigenvalue weighted by Gasteiger charge is 2.18. The van der Waals surface area contributed by atoms with Crippen LogP contribution in [0.4, 0.5) is 16.3 Å². The Labute approximate surface area is 188 Å². The third-order valence-electron chi connectivity index (χ3n) is 4.58. The number of nitrogens with one attached hydrogen (secondary N) is 2. The van der Waals surface area contributed by atoms with Gasteiger partial charge in [0.15, 0.2) is 11.6 Å². The number of halogens is 1. The van der Waals surface area contributed by atoms with Crippen LogP contribution in [0.2, 0.25) is 0 Å². The van der Waals surface area contributed by atoms with Crippen LogP contribution >= 0.6 is 0 Å². The van der Waals surface area contributed by atoms with Gasteiger partial charge in [-0.2, -0.15) is 15.0 Å². The van der Waals surface area contributed by atoms with Gasteiger partial charge in [0.05, 0.1) is 25.5 Å². The van der Waals surface area contributed by atoms with Crippen molar-refractivity contribution in [3.8, 4) is 5.75 Å². The lowest BCUT2D eigenvalue weighted by Gasteiger charge is -2.19. The highest BCUT2D eigenvalue weighted by atomic mass is 32.2. The molecule has 9 nitrogen and oxygen atoms in total. The fraction of sp³-hybridized carbons (Fsp3) is 0.571. The fourth-order valence-electron chi connectivity index (χ4n) is 3.21. The van der Waals surface area contributed by atoms with Crippen molar-refractivity contribution in [2.45, 2.75) is 52.5 Å². The van der Waals surface area contributed by atoms with E-state index in [4.69, 9.17) is 4.74 Å². The molecule has 3 N–H and O–H groups in total. The van der Waals surface area contributed by atoms with E-state index in [2.05, 4.69) is 25.0 Å². The summed E-state index contributed by atoms with van der Waals surface area (Å²) in [5, 5.41) is 12.7. The highest BCUT2D eigenvalue weighted by molar-refractivity contribution is 7.91. The van der Waals surface area contributed by atoms with Gasteiger partial charge >= 0.3 is 0 Å². The van der Waals surface area contributed by atoms with Crippen molar-refractivity contribution in [1.29, 1.82) is 0 Å². The summed E-state index contributed by atoms with van der Waals surface area (Å²) in [4.78, 5) is 12.7. The number of aliphatic hydroxyl groups excluding tert-OH is 1. The van der Waals surface area contributed by atoms with Gasteiger partial charge in [-0.25, -0.2) is 12.8 Å². The minimum absolute atomic E-state index is 0.119. The van der Waals surface area contributed by atoms with Crippen molar-refractivity contribution in [3.63, 3.8) is 0 Å². The van der Waals surface area contributed by atoms with Gasteiger partial charge in [-0.3, -0.25) is 4.72 Å². The maximum atomic E-state index is 14.3. The zero-order valence-corrected chi connectivity index (χ0v) is 19.9. The number of anilines is 2. The molecule has 2 rings (SSSR count). The molecule has 0 saturated heterocycles. The van der Waals surface area contributed by atoms with E-state index in [9.17, 15) is 17.9 Å². The minimum Gasteiger partial charge on any atom is -0.491 e. The number of aromatic nitrogens is 3. The monoisotopic (exact) mass is 469 g/mol. The second-order valence-corrected chi connectivity index (χ2v) is 9.90. The summed E-state index contributed by atoms with van der Waals surface area (Å²) in [7, 11) is -3.60. The number of hydrogen-bond donors (Lipinski definition) is 3. The van der Waals surface area contributed by atoms with Crippen molar-refractivity contribution in [1.82, 2.24) is 15.0 Å². The number of sulfonamides is 1. The average molecular weight is 470 g/mol. The normalized spacial score (nSPS) is 13.6. The van der Waals surface area contributed by atoms with Crippen LogP contribution in [0.1, 0.15) is 51.4 Å². The fourth-order valence-corrected chi connectivity index (χ4v) is 3.63. The summed E-state index contributed by atoms with van der Waals surface area (Å²) in [6.07, 6.45) is 2.00. The Hall–Kier alpha value is -2.53. The molecule has 0 saturated carbocycles. The number of ether oxygens (including phenoxy) is 1. The highest BCUT2D eigenvalue weighted by Crippen LogP contribution is 2.25. The first-order valence-corrected chi connectivity index (χ1v) is 12.4. The average Bonchev–Trinajstić information content (AvgIpc) is 2.67. The van der Waals surface area contributed by atoms with Gasteiger partial charge in [-0.15, -0.1) is 0 Å². The van der Waals surface area contributed by atoms with Crippen molar-refractivity contribution >= 4 is 21.9 Å². The zero-order valence-electron chi connectivity index (χ0n) is 19.1. The molecule has 1 aromatic heterocycles. The summed E-state index contributed by atoms with van der Waals surface area (Å²) in [5.74, 6) is 0.270. The molecule has 0 spiro atoms. The summed E-state index contributed by atoms with van der Waals surface area (Å²) in [6.45, 7) is 7.97. The summed E-state index contributed by atoms with van der Waals surface area (Å²) < 4.78 is 45.1. The molecule has 0 amide bonds. The molecular weight excluding hydrogens is 437 g/mol. The second-order valence-electron chi connectivity index (χ2n) is 8.15. The molecule has 32 heavy (non-hydrogen) atoms. The van der Waals surface area contributed by atoms with E-state index < -0.39 is 15.8 Å². The minimum atomic E-state index is -3.60. The number of hydrogen-bond acceptors (Lipinski definition) is 8. The molecule has 1 unspecified atom stereocenters. The molecule has 0 fully saturated rings. The summed E-state index contributed by atoms with van der Waals surface area (Å²) in [6, 6.07) is 4.48. The second kappa shape index (κ2) is 11.4. The first-order valence-electron chi connectivity index (χ1n) is 10.5. The van der Waals surface area contributed by atoms with Crippen molar-refractivity contribution < 1.29 is 22.7 Å². The van der Waals surface area contributed by atoms with Crippen LogP contribution in [-0.4, -0.2) is 54.0 Å². The van der Waals surface area contributed by atoms with E-state index in [-0.39, 0.29) is 36.2 Å². The molecule has 0 bridgehead atoms. The van der Waals surface area contributed by atoms with Gasteiger partial charge in [0.25, 0.3) is 0 Å². The van der Waals surface area contributed by atoms with Gasteiger partial charge in [-0.05, 0) is 42.9 Å². The first-order chi connectivity index (χ1) is 15.0. The van der Waals surface area contributed by atoms with Crippen LogP contribution in [0.3, 0.4) is 0 Å². The SMILES string of the molecule is CCOc1ccc(C(C)Cc2nc(N[C@@H](CO)CC(C)C)nc(NS(C)(=O)=O)n2)cc1F. The Bertz CT molecular complexity index is 1000. The van der Waals surface area contributed by atoms with Gasteiger partial charge in [0, 0.05) is 6.42 Å². The topological polar surface area (TPSA) is 126 Å². The molecule has 0 aliphatic heterocycles. The Balaban J connectivity index is 2.30. The summed E-state index contributed by atoms with van der Waals surface area (Å²) in [5.41, 5.74) is 0.728. The smallest absolute Gasteiger partial charge is 0.241 e. The van der Waals surface area contributed by atoms with E-state index in [1.807, 2.05) is 20.8 Å². The van der Waals surface area contributed by atoms with Crippen LogP contribution in [0.5, 0.6) is 5.75 Å². The molecule has 2 atom stereocenters. The van der Waals surface area contributed by atoms with E-state index in [1.54, 1.807) is 19.1 Å². The Morgan fingerprint density at radius 3 is 2.41 bits per heavy atom. The number of nitrogens with zero attached hydrogens (tertiary/aromatic N) is 3. The Morgan fingerprint density at radius 2 is 1.84 bits per heavy atom. The van der Waals surface area contributed by atoms with Gasteiger partial charge < -0.3 is 15.2 Å². The van der Waals surface area contributed by atoms with Crippen LogP contribution in [0, 0.1) is 11.7 Å². The number of rotatable bonds is 12. The van der Waals surface area contributed by atoms with Crippen LogP contribution in [0.15, 0.2) is 18.2 Å². The molecule has 1 aromatic carbocycles. The standard InChI is InChI=1S/C21H32FN5O4S/c1-6-31-18-8-7-15(11-17(18)22)14(4)10-19-24-20(23-16(12-28)9-13(2)3)26-21(25-19)27-32(5,29)30/h7-8,11,13-14,16,28H,6,9-10,12H2,1-5H3,(H2,23,24,25,26,27)/t14?,16-/m1/s1. The third kappa shape index (κ3) is 8.19. The predicted octanol–water partition coefficient (Wildman–Crippen LogP) is 2.95. The largest absolute Gasteiger partial charge is 0.491 e. The molecule has 2 aromatic rings. The lowest BCUT2D eigenvalue weighted by Crippen LogP contribution is -2.27. The van der Waals surface area contributed by atoms with E-state index in [1.165, 1.54) is 6.07 Å². The molecule has 0 radical (unpaired) electrons.